The van der Waals surface area contributed by atoms with Gasteiger partial charge in [-0.2, -0.15) is 10.5 Å². The topological polar surface area (TPSA) is 60.7 Å². The zero-order chi connectivity index (χ0) is 28.2. The lowest BCUT2D eigenvalue weighted by Crippen LogP contribution is -1.98. The fraction of sp³-hybridized carbons (Fsp3) is 0. The fourth-order valence-electron chi connectivity index (χ4n) is 6.06. The van der Waals surface area contributed by atoms with Crippen LogP contribution < -0.4 is 0 Å². The van der Waals surface area contributed by atoms with Crippen molar-refractivity contribution in [2.45, 2.75) is 0 Å². The minimum Gasteiger partial charge on any atom is -0.456 e. The van der Waals surface area contributed by atoms with Gasteiger partial charge in [0.25, 0.3) is 0 Å². The Morgan fingerprint density at radius 3 is 1.98 bits per heavy atom. The maximum Gasteiger partial charge on any atom is 0.135 e. The maximum atomic E-state index is 10.6. The van der Waals surface area contributed by atoms with E-state index in [0.29, 0.717) is 11.1 Å². The van der Waals surface area contributed by atoms with Gasteiger partial charge in [0.15, 0.2) is 0 Å². The Labute approximate surface area is 245 Å². The third-order valence-corrected chi connectivity index (χ3v) is 9.14. The van der Waals surface area contributed by atoms with E-state index in [0.717, 1.165) is 60.7 Å². The Hall–Kier alpha value is -5.68. The van der Waals surface area contributed by atoms with Crippen LogP contribution in [0.4, 0.5) is 0 Å². The van der Waals surface area contributed by atoms with Crippen LogP contribution in [0.5, 0.6) is 0 Å². The van der Waals surface area contributed by atoms with Crippen molar-refractivity contribution in [3.63, 3.8) is 0 Å². The number of fused-ring (bicyclic) bond motifs is 6. The van der Waals surface area contributed by atoms with Crippen LogP contribution in [0.2, 0.25) is 0 Å². The largest absolute Gasteiger partial charge is 0.456 e. The Morgan fingerprint density at radius 1 is 0.476 bits per heavy atom. The van der Waals surface area contributed by atoms with Crippen molar-refractivity contribution in [3.05, 3.63) is 132 Å². The molecule has 0 radical (unpaired) electrons. The van der Waals surface area contributed by atoms with Gasteiger partial charge < -0.3 is 4.42 Å². The van der Waals surface area contributed by atoms with Gasteiger partial charge in [-0.25, -0.2) is 0 Å². The van der Waals surface area contributed by atoms with Gasteiger partial charge in [0, 0.05) is 42.1 Å². The molecule has 0 amide bonds. The zero-order valence-corrected chi connectivity index (χ0v) is 23.1. The van der Waals surface area contributed by atoms with E-state index >= 15 is 0 Å². The van der Waals surface area contributed by atoms with Crippen LogP contribution in [-0.4, -0.2) is 0 Å². The van der Waals surface area contributed by atoms with Gasteiger partial charge in [-0.15, -0.1) is 11.3 Å². The third kappa shape index (κ3) is 3.64. The minimum atomic E-state index is 0.372. The number of nitrogens with zero attached hydrogens (tertiary/aromatic N) is 2. The summed E-state index contributed by atoms with van der Waals surface area (Å²) < 4.78 is 8.50. The average Bonchev–Trinajstić information content (AvgIpc) is 3.61. The quantitative estimate of drug-likeness (QED) is 0.219. The van der Waals surface area contributed by atoms with Gasteiger partial charge in [-0.3, -0.25) is 0 Å². The average molecular weight is 553 g/mol. The lowest BCUT2D eigenvalue weighted by molar-refractivity contribution is 0.669. The van der Waals surface area contributed by atoms with Gasteiger partial charge in [0.2, 0.25) is 0 Å². The molecule has 0 fully saturated rings. The molecule has 0 saturated carbocycles. The van der Waals surface area contributed by atoms with E-state index in [2.05, 4.69) is 78.9 Å². The molecule has 4 heteroatoms. The molecule has 2 aromatic heterocycles. The summed E-state index contributed by atoms with van der Waals surface area (Å²) in [4.78, 5) is 0. The monoisotopic (exact) mass is 552 g/mol. The summed E-state index contributed by atoms with van der Waals surface area (Å²) in [6.45, 7) is 0. The Bertz CT molecular complexity index is 2430. The molecule has 0 aliphatic heterocycles. The molecule has 42 heavy (non-hydrogen) atoms. The predicted molar refractivity (Wildman–Crippen MR) is 172 cm³/mol. The predicted octanol–water partition coefficient (Wildman–Crippen LogP) is 10.7. The van der Waals surface area contributed by atoms with Crippen molar-refractivity contribution in [1.29, 1.82) is 10.5 Å². The second-order valence-electron chi connectivity index (χ2n) is 10.3. The molecule has 0 aliphatic rings. The van der Waals surface area contributed by atoms with Crippen LogP contribution in [0.3, 0.4) is 0 Å². The molecule has 194 valence electrons. The lowest BCUT2D eigenvalue weighted by atomic mass is 9.83. The summed E-state index contributed by atoms with van der Waals surface area (Å²) in [6, 6.07) is 45.7. The van der Waals surface area contributed by atoms with Gasteiger partial charge in [-0.1, -0.05) is 78.9 Å². The van der Waals surface area contributed by atoms with Crippen LogP contribution in [-0.2, 0) is 0 Å². The third-order valence-electron chi connectivity index (χ3n) is 7.99. The molecule has 0 saturated heterocycles. The van der Waals surface area contributed by atoms with Gasteiger partial charge in [0.05, 0.1) is 11.1 Å². The normalized spacial score (nSPS) is 11.3. The number of thiophene rings is 1. The molecular weight excluding hydrogens is 532 g/mol. The van der Waals surface area contributed by atoms with Crippen molar-refractivity contribution < 1.29 is 4.42 Å². The lowest BCUT2D eigenvalue weighted by Gasteiger charge is -2.17. The van der Waals surface area contributed by atoms with Gasteiger partial charge in [-0.05, 0) is 64.7 Å². The van der Waals surface area contributed by atoms with Crippen LogP contribution >= 0.6 is 11.3 Å². The molecule has 0 unspecified atom stereocenters. The number of para-hydroxylation sites is 1. The summed E-state index contributed by atoms with van der Waals surface area (Å²) in [5.41, 5.74) is 7.52. The number of hydrogen-bond acceptors (Lipinski definition) is 4. The van der Waals surface area contributed by atoms with Crippen LogP contribution in [0.1, 0.15) is 11.1 Å². The standard InChI is InChI=1S/C38H20N2OS/c39-21-32-28(24-15-17-37-31(18-24)27-11-5-7-13-36(27)42-37)20-29(23-8-2-1-3-9-23)38(33(32)22-40)25-14-16-35-30(19-25)26-10-4-6-12-34(26)41-35/h1-20H. The highest BCUT2D eigenvalue weighted by Gasteiger charge is 2.23. The Kier molecular flexibility index (Phi) is 5.44. The van der Waals surface area contributed by atoms with Gasteiger partial charge >= 0.3 is 0 Å². The Morgan fingerprint density at radius 2 is 1.14 bits per heavy atom. The summed E-state index contributed by atoms with van der Waals surface area (Å²) >= 11 is 1.76. The molecule has 6 aromatic carbocycles. The van der Waals surface area contributed by atoms with E-state index in [1.54, 1.807) is 11.3 Å². The molecule has 0 N–H and O–H groups in total. The van der Waals surface area contributed by atoms with E-state index in [9.17, 15) is 10.5 Å². The molecular formula is C38H20N2OS. The highest BCUT2D eigenvalue weighted by molar-refractivity contribution is 7.25. The van der Waals surface area contributed by atoms with Crippen molar-refractivity contribution in [2.75, 3.05) is 0 Å². The van der Waals surface area contributed by atoms with Crippen LogP contribution in [0, 0.1) is 22.7 Å². The second-order valence-corrected chi connectivity index (χ2v) is 11.4. The van der Waals surface area contributed by atoms with E-state index in [4.69, 9.17) is 4.42 Å². The molecule has 8 rings (SSSR count). The first kappa shape index (κ1) is 24.1. The van der Waals surface area contributed by atoms with E-state index in [1.165, 1.54) is 14.8 Å². The summed E-state index contributed by atoms with van der Waals surface area (Å²) in [6.07, 6.45) is 0. The summed E-state index contributed by atoms with van der Waals surface area (Å²) in [5.74, 6) is 0. The SMILES string of the molecule is N#Cc1c(-c2ccc3sc4ccccc4c3c2)cc(-c2ccccc2)c(-c2ccc3oc4ccccc4c3c2)c1C#N. The molecule has 0 bridgehead atoms. The molecule has 0 atom stereocenters. The van der Waals surface area contributed by atoms with Crippen molar-refractivity contribution in [1.82, 2.24) is 0 Å². The molecule has 2 heterocycles. The molecule has 3 nitrogen and oxygen atoms in total. The first-order valence-electron chi connectivity index (χ1n) is 13.6. The number of nitriles is 2. The Balaban J connectivity index is 1.44. The number of hydrogen-bond donors (Lipinski definition) is 0. The zero-order valence-electron chi connectivity index (χ0n) is 22.3. The second kappa shape index (κ2) is 9.46. The maximum absolute atomic E-state index is 10.6. The van der Waals surface area contributed by atoms with Crippen molar-refractivity contribution >= 4 is 53.4 Å². The number of benzene rings is 6. The molecule has 0 spiro atoms. The molecule has 8 aromatic rings. The minimum absolute atomic E-state index is 0.372. The highest BCUT2D eigenvalue weighted by Crippen LogP contribution is 2.44. The smallest absolute Gasteiger partial charge is 0.135 e. The number of furan rings is 1. The van der Waals surface area contributed by atoms with E-state index in [-0.39, 0.29) is 0 Å². The van der Waals surface area contributed by atoms with Crippen molar-refractivity contribution in [3.8, 4) is 45.5 Å². The fourth-order valence-corrected chi connectivity index (χ4v) is 7.15. The van der Waals surface area contributed by atoms with Crippen LogP contribution in [0.25, 0.3) is 75.5 Å². The molecule has 0 aliphatic carbocycles. The van der Waals surface area contributed by atoms with Crippen molar-refractivity contribution in [2.24, 2.45) is 0 Å². The first-order valence-corrected chi connectivity index (χ1v) is 14.4. The summed E-state index contributed by atoms with van der Waals surface area (Å²) in [7, 11) is 0. The highest BCUT2D eigenvalue weighted by atomic mass is 32.1. The number of rotatable bonds is 3. The van der Waals surface area contributed by atoms with Gasteiger partial charge in [0.1, 0.15) is 23.3 Å². The van der Waals surface area contributed by atoms with E-state index < -0.39 is 0 Å². The summed E-state index contributed by atoms with van der Waals surface area (Å²) in [5, 5.41) is 25.5. The van der Waals surface area contributed by atoms with Crippen LogP contribution in [0.15, 0.2) is 126 Å². The van der Waals surface area contributed by atoms with E-state index in [1.807, 2.05) is 54.6 Å². The first-order chi connectivity index (χ1) is 20.7.